The average Bonchev–Trinajstić information content (AvgIpc) is 3.51. The fourth-order valence-electron chi connectivity index (χ4n) is 5.79. The number of hydrogen-bond acceptors (Lipinski definition) is 8. The topological polar surface area (TPSA) is 88.5 Å². The Balaban J connectivity index is 1.73. The van der Waals surface area contributed by atoms with Crippen molar-refractivity contribution in [3.63, 3.8) is 0 Å². The number of aromatic nitrogens is 3. The number of rotatable bonds is 14. The molecule has 4 rings (SSSR count). The normalized spacial score (nSPS) is 14.8. The predicted octanol–water partition coefficient (Wildman–Crippen LogP) is 6.97. The van der Waals surface area contributed by atoms with Gasteiger partial charge in [-0.2, -0.15) is 13.2 Å². The lowest BCUT2D eigenvalue weighted by Crippen LogP contribution is -2.33. The Bertz CT molecular complexity index is 1530. The number of ether oxygens (including phenoxy) is 1. The lowest BCUT2D eigenvalue weighted by molar-refractivity contribution is -0.137. The number of alkyl halides is 3. The van der Waals surface area contributed by atoms with E-state index in [1.807, 2.05) is 17.9 Å². The Morgan fingerprint density at radius 1 is 1.07 bits per heavy atom. The predicted molar refractivity (Wildman–Crippen MR) is 171 cm³/mol. The molecule has 246 valence electrons. The molecular weight excluding hydrogens is 603 g/mol. The van der Waals surface area contributed by atoms with Crippen molar-refractivity contribution in [1.29, 1.82) is 0 Å². The molecule has 3 aromatic rings. The summed E-state index contributed by atoms with van der Waals surface area (Å²) in [5.41, 5.74) is 2.18. The SMILES string of the molecule is CCc1ccc(CN(c2ncc(OCCS(C)(=O)=O)cn2)C(C)c2cc(C)cc(C(F)(F)F)c2)c(N(CC)CC2CCCC2)n1. The second kappa shape index (κ2) is 14.8. The van der Waals surface area contributed by atoms with Crippen LogP contribution in [0, 0.1) is 12.8 Å². The van der Waals surface area contributed by atoms with Gasteiger partial charge in [-0.25, -0.2) is 23.4 Å². The standard InChI is InChI=1S/C33H44F3N5O3S/c1-6-29-13-12-26(31(39-29)40(7-2)21-25-10-8-9-11-25)22-41(24(4)27-16-23(3)17-28(18-27)33(34,35)36)32-37-19-30(20-38-32)44-14-15-45(5,42)43/h12-13,16-20,24-25H,6-11,14-15,21-22H2,1-5H3. The maximum absolute atomic E-state index is 13.8. The fraction of sp³-hybridized carbons (Fsp3) is 0.545. The molecule has 1 aliphatic rings. The van der Waals surface area contributed by atoms with E-state index in [4.69, 9.17) is 9.72 Å². The Labute approximate surface area is 265 Å². The minimum Gasteiger partial charge on any atom is -0.489 e. The molecule has 12 heteroatoms. The van der Waals surface area contributed by atoms with Crippen molar-refractivity contribution >= 4 is 21.6 Å². The first-order valence-corrected chi connectivity index (χ1v) is 17.6. The van der Waals surface area contributed by atoms with Gasteiger partial charge >= 0.3 is 6.18 Å². The van der Waals surface area contributed by atoms with Crippen molar-refractivity contribution in [1.82, 2.24) is 15.0 Å². The maximum atomic E-state index is 13.8. The highest BCUT2D eigenvalue weighted by atomic mass is 32.2. The van der Waals surface area contributed by atoms with E-state index in [-0.39, 0.29) is 12.4 Å². The molecule has 1 saturated carbocycles. The maximum Gasteiger partial charge on any atom is 0.416 e. The second-order valence-corrected chi connectivity index (χ2v) is 14.2. The van der Waals surface area contributed by atoms with Crippen LogP contribution in [0.1, 0.15) is 80.4 Å². The zero-order valence-corrected chi connectivity index (χ0v) is 27.6. The van der Waals surface area contributed by atoms with Gasteiger partial charge in [0.25, 0.3) is 0 Å². The molecule has 45 heavy (non-hydrogen) atoms. The Kier molecular flexibility index (Phi) is 11.3. The fourth-order valence-corrected chi connectivity index (χ4v) is 6.17. The van der Waals surface area contributed by atoms with Crippen LogP contribution in [0.3, 0.4) is 0 Å². The number of aryl methyl sites for hydroxylation is 2. The number of hydrogen-bond donors (Lipinski definition) is 0. The third kappa shape index (κ3) is 9.54. The van der Waals surface area contributed by atoms with Crippen molar-refractivity contribution in [3.05, 3.63) is 70.7 Å². The quantitative estimate of drug-likeness (QED) is 0.185. The molecule has 0 aliphatic heterocycles. The molecule has 2 heterocycles. The molecule has 0 bridgehead atoms. The minimum atomic E-state index is -4.48. The van der Waals surface area contributed by atoms with Crippen LogP contribution in [0.5, 0.6) is 5.75 Å². The number of nitrogens with zero attached hydrogens (tertiary/aromatic N) is 5. The number of anilines is 2. The van der Waals surface area contributed by atoms with Crippen LogP contribution in [0.4, 0.5) is 24.9 Å². The third-order valence-corrected chi connectivity index (χ3v) is 9.23. The van der Waals surface area contributed by atoms with Gasteiger partial charge in [-0.1, -0.05) is 37.5 Å². The van der Waals surface area contributed by atoms with Crippen molar-refractivity contribution < 1.29 is 26.3 Å². The van der Waals surface area contributed by atoms with Crippen molar-refractivity contribution in [3.8, 4) is 5.75 Å². The molecule has 1 aliphatic carbocycles. The first-order chi connectivity index (χ1) is 21.3. The molecule has 0 spiro atoms. The zero-order chi connectivity index (χ0) is 32.8. The molecule has 1 fully saturated rings. The Morgan fingerprint density at radius 2 is 1.76 bits per heavy atom. The van der Waals surface area contributed by atoms with E-state index in [1.54, 1.807) is 13.0 Å². The Hall–Kier alpha value is -3.41. The van der Waals surface area contributed by atoms with Gasteiger partial charge in [-0.3, -0.25) is 0 Å². The van der Waals surface area contributed by atoms with E-state index >= 15 is 0 Å². The molecule has 0 N–H and O–H groups in total. The summed E-state index contributed by atoms with van der Waals surface area (Å²) in [4.78, 5) is 18.3. The van der Waals surface area contributed by atoms with Crippen LogP contribution in [-0.2, 0) is 29.0 Å². The highest BCUT2D eigenvalue weighted by Crippen LogP contribution is 2.36. The summed E-state index contributed by atoms with van der Waals surface area (Å²) >= 11 is 0. The first-order valence-electron chi connectivity index (χ1n) is 15.6. The monoisotopic (exact) mass is 647 g/mol. The number of halogens is 3. The molecule has 8 nitrogen and oxygen atoms in total. The molecular formula is C33H44F3N5O3S. The highest BCUT2D eigenvalue weighted by molar-refractivity contribution is 7.90. The van der Waals surface area contributed by atoms with Gasteiger partial charge in [0.1, 0.15) is 12.4 Å². The van der Waals surface area contributed by atoms with E-state index in [2.05, 4.69) is 34.8 Å². The Morgan fingerprint density at radius 3 is 2.36 bits per heavy atom. The minimum absolute atomic E-state index is 0.0438. The van der Waals surface area contributed by atoms with E-state index in [0.29, 0.717) is 35.3 Å². The van der Waals surface area contributed by atoms with Gasteiger partial charge in [0.05, 0.1) is 36.3 Å². The van der Waals surface area contributed by atoms with Crippen LogP contribution < -0.4 is 14.5 Å². The average molecular weight is 648 g/mol. The highest BCUT2D eigenvalue weighted by Gasteiger charge is 2.32. The zero-order valence-electron chi connectivity index (χ0n) is 26.8. The summed E-state index contributed by atoms with van der Waals surface area (Å²) in [6.07, 6.45) is 5.22. The van der Waals surface area contributed by atoms with Gasteiger partial charge in [0.2, 0.25) is 5.95 Å². The summed E-state index contributed by atoms with van der Waals surface area (Å²) in [7, 11) is -3.20. The lowest BCUT2D eigenvalue weighted by Gasteiger charge is -2.33. The van der Waals surface area contributed by atoms with Crippen LogP contribution >= 0.6 is 0 Å². The molecule has 1 unspecified atom stereocenters. The number of sulfone groups is 1. The smallest absolute Gasteiger partial charge is 0.416 e. The summed E-state index contributed by atoms with van der Waals surface area (Å²) in [5.74, 6) is 1.93. The van der Waals surface area contributed by atoms with Crippen LogP contribution in [0.15, 0.2) is 42.7 Å². The van der Waals surface area contributed by atoms with Crippen LogP contribution in [-0.4, -0.2) is 55.1 Å². The van der Waals surface area contributed by atoms with E-state index in [0.717, 1.165) is 48.9 Å². The van der Waals surface area contributed by atoms with Gasteiger partial charge in [-0.15, -0.1) is 0 Å². The van der Waals surface area contributed by atoms with E-state index < -0.39 is 27.6 Å². The summed E-state index contributed by atoms with van der Waals surface area (Å²) < 4.78 is 70.0. The molecule has 0 radical (unpaired) electrons. The van der Waals surface area contributed by atoms with Crippen molar-refractivity contribution in [2.24, 2.45) is 5.92 Å². The van der Waals surface area contributed by atoms with Gasteiger partial charge in [-0.05, 0) is 69.7 Å². The second-order valence-electron chi connectivity index (χ2n) is 12.0. The summed E-state index contributed by atoms with van der Waals surface area (Å²) in [6.45, 7) is 9.63. The molecule has 2 aromatic heterocycles. The first kappa shape index (κ1) is 34.5. The molecule has 1 atom stereocenters. The third-order valence-electron chi connectivity index (χ3n) is 8.32. The number of benzene rings is 1. The van der Waals surface area contributed by atoms with E-state index in [9.17, 15) is 21.6 Å². The van der Waals surface area contributed by atoms with Gasteiger partial charge in [0, 0.05) is 30.6 Å². The van der Waals surface area contributed by atoms with Crippen molar-refractivity contribution in [2.45, 2.75) is 78.6 Å². The van der Waals surface area contributed by atoms with Gasteiger partial charge in [0.15, 0.2) is 15.6 Å². The summed E-state index contributed by atoms with van der Waals surface area (Å²) in [6, 6.07) is 7.61. The number of pyridine rings is 1. The van der Waals surface area contributed by atoms with Gasteiger partial charge < -0.3 is 14.5 Å². The molecule has 0 amide bonds. The molecule has 0 saturated heterocycles. The van der Waals surface area contributed by atoms with Crippen LogP contribution in [0.2, 0.25) is 0 Å². The van der Waals surface area contributed by atoms with E-state index in [1.165, 1.54) is 44.1 Å². The lowest BCUT2D eigenvalue weighted by atomic mass is 10.00. The van der Waals surface area contributed by atoms with Crippen LogP contribution in [0.25, 0.3) is 0 Å². The largest absolute Gasteiger partial charge is 0.489 e. The van der Waals surface area contributed by atoms with Crippen molar-refractivity contribution in [2.75, 3.05) is 41.5 Å². The molecule has 1 aromatic carbocycles. The summed E-state index contributed by atoms with van der Waals surface area (Å²) in [5, 5.41) is 0.